The fraction of sp³-hybridized carbons (Fsp3) is 0.462. The van der Waals surface area contributed by atoms with E-state index in [-0.39, 0.29) is 29.7 Å². The molecule has 2 rings (SSSR count). The first-order valence-corrected chi connectivity index (χ1v) is 6.28. The average Bonchev–Trinajstić information content (AvgIpc) is 3.18. The second kappa shape index (κ2) is 6.67. The summed E-state index contributed by atoms with van der Waals surface area (Å²) in [6.07, 6.45) is 2.20. The van der Waals surface area contributed by atoms with Gasteiger partial charge in [-0.05, 0) is 31.7 Å². The van der Waals surface area contributed by atoms with Gasteiger partial charge in [-0.25, -0.2) is 0 Å². The van der Waals surface area contributed by atoms with E-state index in [1.54, 1.807) is 19.1 Å². The molecule has 0 aromatic heterocycles. The largest absolute Gasteiger partial charge is 0.350 e. The van der Waals surface area contributed by atoms with Crippen LogP contribution in [0.15, 0.2) is 18.2 Å². The number of carbonyl (C=O) groups excluding carboxylic acids is 1. The van der Waals surface area contributed by atoms with Gasteiger partial charge in [-0.15, -0.1) is 12.4 Å². The van der Waals surface area contributed by atoms with Crippen molar-refractivity contribution in [3.8, 4) is 0 Å². The van der Waals surface area contributed by atoms with Crippen molar-refractivity contribution in [1.82, 2.24) is 5.32 Å². The Morgan fingerprint density at radius 3 is 2.75 bits per heavy atom. The molecule has 1 aliphatic carbocycles. The molecule has 0 bridgehead atoms. The summed E-state index contributed by atoms with van der Waals surface area (Å²) in [5.74, 6) is 0.0410. The number of amides is 1. The topological polar surface area (TPSA) is 98.3 Å². The van der Waals surface area contributed by atoms with Gasteiger partial charge in [-0.3, -0.25) is 14.9 Å². The number of nitrogens with zero attached hydrogens (tertiary/aromatic N) is 1. The third kappa shape index (κ3) is 3.68. The molecule has 1 amide bonds. The highest BCUT2D eigenvalue weighted by atomic mass is 35.5. The van der Waals surface area contributed by atoms with Gasteiger partial charge >= 0.3 is 0 Å². The van der Waals surface area contributed by atoms with E-state index in [1.165, 1.54) is 6.07 Å². The molecule has 0 spiro atoms. The molecule has 0 radical (unpaired) electrons. The molecule has 1 fully saturated rings. The fourth-order valence-electron chi connectivity index (χ4n) is 2.08. The zero-order valence-corrected chi connectivity index (χ0v) is 12.0. The third-order valence-corrected chi connectivity index (χ3v) is 3.39. The van der Waals surface area contributed by atoms with Crippen LogP contribution >= 0.6 is 12.4 Å². The van der Waals surface area contributed by atoms with E-state index in [1.807, 2.05) is 0 Å². The van der Waals surface area contributed by atoms with Gasteiger partial charge in [0.05, 0.1) is 4.92 Å². The number of nitrogens with one attached hydrogen (secondary N) is 1. The number of aryl methyl sites for hydroxylation is 1. The first-order valence-electron chi connectivity index (χ1n) is 6.28. The first-order chi connectivity index (χ1) is 9.00. The van der Waals surface area contributed by atoms with Gasteiger partial charge in [0.25, 0.3) is 11.6 Å². The Labute approximate surface area is 123 Å². The molecule has 1 unspecified atom stereocenters. The number of halogens is 1. The normalized spacial score (nSPS) is 15.1. The van der Waals surface area contributed by atoms with Crippen LogP contribution in [0.3, 0.4) is 0 Å². The Hall–Kier alpha value is -1.66. The average molecular weight is 300 g/mol. The summed E-state index contributed by atoms with van der Waals surface area (Å²) < 4.78 is 0. The molecular weight excluding hydrogens is 282 g/mol. The Kier molecular flexibility index (Phi) is 5.47. The summed E-state index contributed by atoms with van der Waals surface area (Å²) in [6, 6.07) is 4.65. The Balaban J connectivity index is 0.00000200. The molecule has 1 aromatic carbocycles. The lowest BCUT2D eigenvalue weighted by Gasteiger charge is -2.12. The molecule has 20 heavy (non-hydrogen) atoms. The number of carbonyl (C=O) groups is 1. The van der Waals surface area contributed by atoms with Crippen molar-refractivity contribution in [1.29, 1.82) is 0 Å². The molecule has 1 aliphatic rings. The van der Waals surface area contributed by atoms with E-state index in [4.69, 9.17) is 5.73 Å². The molecule has 1 aromatic rings. The molecule has 0 saturated heterocycles. The fourth-order valence-corrected chi connectivity index (χ4v) is 2.08. The van der Waals surface area contributed by atoms with Crippen LogP contribution in [0.4, 0.5) is 5.69 Å². The van der Waals surface area contributed by atoms with Crippen molar-refractivity contribution in [2.24, 2.45) is 11.7 Å². The Morgan fingerprint density at radius 2 is 2.20 bits per heavy atom. The minimum absolute atomic E-state index is 0. The minimum Gasteiger partial charge on any atom is -0.350 e. The standard InChI is InChI=1S/C13H17N3O3.ClH/c1-8-3-2-4-10(12(8)16(18)19)13(17)15-7-11(14)9-5-6-9;/h2-4,9,11H,5-7,14H2,1H3,(H,15,17);1H. The van der Waals surface area contributed by atoms with Gasteiger partial charge in [0.15, 0.2) is 0 Å². The predicted octanol–water partition coefficient (Wildman–Crippen LogP) is 1.79. The summed E-state index contributed by atoms with van der Waals surface area (Å²) in [4.78, 5) is 22.5. The first kappa shape index (κ1) is 16.4. The van der Waals surface area contributed by atoms with E-state index < -0.39 is 10.8 Å². The third-order valence-electron chi connectivity index (χ3n) is 3.39. The number of hydrogen-bond acceptors (Lipinski definition) is 4. The Bertz CT molecular complexity index is 518. The van der Waals surface area contributed by atoms with Crippen LogP contribution in [-0.2, 0) is 0 Å². The molecule has 3 N–H and O–H groups in total. The van der Waals surface area contributed by atoms with E-state index in [2.05, 4.69) is 5.32 Å². The van der Waals surface area contributed by atoms with Crippen LogP contribution in [0, 0.1) is 23.0 Å². The number of para-hydroxylation sites is 1. The maximum atomic E-state index is 12.0. The zero-order chi connectivity index (χ0) is 14.0. The van der Waals surface area contributed by atoms with Gasteiger partial charge < -0.3 is 11.1 Å². The maximum Gasteiger partial charge on any atom is 0.285 e. The predicted molar refractivity (Wildman–Crippen MR) is 78.1 cm³/mol. The van der Waals surface area contributed by atoms with Crippen molar-refractivity contribution in [3.05, 3.63) is 39.4 Å². The highest BCUT2D eigenvalue weighted by Gasteiger charge is 2.29. The highest BCUT2D eigenvalue weighted by Crippen LogP contribution is 2.31. The second-order valence-corrected chi connectivity index (χ2v) is 4.94. The van der Waals surface area contributed by atoms with Crippen molar-refractivity contribution in [2.75, 3.05) is 6.54 Å². The molecule has 6 nitrogen and oxygen atoms in total. The maximum absolute atomic E-state index is 12.0. The van der Waals surface area contributed by atoms with E-state index in [0.29, 0.717) is 18.0 Å². The number of benzene rings is 1. The van der Waals surface area contributed by atoms with Crippen molar-refractivity contribution >= 4 is 24.0 Å². The van der Waals surface area contributed by atoms with Crippen LogP contribution in [-0.4, -0.2) is 23.4 Å². The lowest BCUT2D eigenvalue weighted by atomic mass is 10.1. The van der Waals surface area contributed by atoms with Crippen molar-refractivity contribution in [3.63, 3.8) is 0 Å². The van der Waals surface area contributed by atoms with Crippen molar-refractivity contribution < 1.29 is 9.72 Å². The molecule has 1 saturated carbocycles. The highest BCUT2D eigenvalue weighted by molar-refractivity contribution is 5.98. The number of rotatable bonds is 5. The van der Waals surface area contributed by atoms with Gasteiger partial charge in [0.2, 0.25) is 0 Å². The van der Waals surface area contributed by atoms with Crippen LogP contribution in [0.2, 0.25) is 0 Å². The van der Waals surface area contributed by atoms with E-state index >= 15 is 0 Å². The number of hydrogen-bond donors (Lipinski definition) is 2. The summed E-state index contributed by atoms with van der Waals surface area (Å²) in [7, 11) is 0. The molecule has 7 heteroatoms. The Morgan fingerprint density at radius 1 is 1.55 bits per heavy atom. The SMILES string of the molecule is Cc1cccc(C(=O)NCC(N)C2CC2)c1[N+](=O)[O-].Cl. The lowest BCUT2D eigenvalue weighted by molar-refractivity contribution is -0.385. The summed E-state index contributed by atoms with van der Waals surface area (Å²) in [5.41, 5.74) is 6.31. The smallest absolute Gasteiger partial charge is 0.285 e. The zero-order valence-electron chi connectivity index (χ0n) is 11.2. The summed E-state index contributed by atoms with van der Waals surface area (Å²) in [6.45, 7) is 1.97. The molecule has 110 valence electrons. The van der Waals surface area contributed by atoms with Gasteiger partial charge in [0.1, 0.15) is 5.56 Å². The van der Waals surface area contributed by atoms with Crippen LogP contribution in [0.1, 0.15) is 28.8 Å². The molecular formula is C13H18ClN3O3. The quantitative estimate of drug-likeness (QED) is 0.639. The molecule has 0 aliphatic heterocycles. The monoisotopic (exact) mass is 299 g/mol. The van der Waals surface area contributed by atoms with Gasteiger partial charge in [0, 0.05) is 18.2 Å². The second-order valence-electron chi connectivity index (χ2n) is 4.94. The number of nitro benzene ring substituents is 1. The van der Waals surface area contributed by atoms with Crippen LogP contribution in [0.25, 0.3) is 0 Å². The van der Waals surface area contributed by atoms with Crippen LogP contribution < -0.4 is 11.1 Å². The van der Waals surface area contributed by atoms with Crippen LogP contribution in [0.5, 0.6) is 0 Å². The number of nitro groups is 1. The number of nitrogens with two attached hydrogens (primary N) is 1. The van der Waals surface area contributed by atoms with Crippen molar-refractivity contribution in [2.45, 2.75) is 25.8 Å². The minimum atomic E-state index is -0.523. The molecule has 0 heterocycles. The summed E-state index contributed by atoms with van der Waals surface area (Å²) >= 11 is 0. The van der Waals surface area contributed by atoms with E-state index in [0.717, 1.165) is 12.8 Å². The molecule has 1 atom stereocenters. The van der Waals surface area contributed by atoms with Gasteiger partial charge in [-0.2, -0.15) is 0 Å². The summed E-state index contributed by atoms with van der Waals surface area (Å²) in [5, 5.41) is 13.7. The van der Waals surface area contributed by atoms with E-state index in [9.17, 15) is 14.9 Å². The lowest BCUT2D eigenvalue weighted by Crippen LogP contribution is -2.38. The van der Waals surface area contributed by atoms with Gasteiger partial charge in [-0.1, -0.05) is 12.1 Å².